The molecular weight excluding hydrogens is 371 g/mol. The molecule has 0 heterocycles. The van der Waals surface area contributed by atoms with Crippen molar-refractivity contribution in [2.75, 3.05) is 13.1 Å². The first kappa shape index (κ1) is 20.3. The highest BCUT2D eigenvalue weighted by atomic mass is 35.5. The largest absolute Gasteiger partial charge is 0.352 e. The van der Waals surface area contributed by atoms with Gasteiger partial charge in [0.2, 0.25) is 0 Å². The van der Waals surface area contributed by atoms with Crippen molar-refractivity contribution in [3.05, 3.63) is 69.2 Å². The van der Waals surface area contributed by atoms with Gasteiger partial charge in [0.25, 0.3) is 11.8 Å². The van der Waals surface area contributed by atoms with Crippen molar-refractivity contribution in [2.45, 2.75) is 26.2 Å². The summed E-state index contributed by atoms with van der Waals surface area (Å²) in [6, 6.07) is 11.9. The van der Waals surface area contributed by atoms with Crippen LogP contribution in [0.4, 0.5) is 0 Å². The minimum atomic E-state index is -0.187. The predicted octanol–water partition coefficient (Wildman–Crippen LogP) is 4.50. The van der Waals surface area contributed by atoms with Crippen LogP contribution in [0.3, 0.4) is 0 Å². The predicted molar refractivity (Wildman–Crippen MR) is 106 cm³/mol. The number of nitrogens with one attached hydrogen (secondary N) is 2. The Morgan fingerprint density at radius 3 is 2.00 bits per heavy atom. The van der Waals surface area contributed by atoms with E-state index in [0.29, 0.717) is 40.7 Å². The number of hydrogen-bond acceptors (Lipinski definition) is 2. The number of benzene rings is 2. The van der Waals surface area contributed by atoms with Gasteiger partial charge in [-0.2, -0.15) is 0 Å². The van der Waals surface area contributed by atoms with Gasteiger partial charge >= 0.3 is 0 Å². The van der Waals surface area contributed by atoms with Gasteiger partial charge in [0.1, 0.15) is 0 Å². The molecule has 26 heavy (non-hydrogen) atoms. The van der Waals surface area contributed by atoms with Gasteiger partial charge < -0.3 is 10.6 Å². The summed E-state index contributed by atoms with van der Waals surface area (Å²) in [6.45, 7) is 3.19. The first-order valence-electron chi connectivity index (χ1n) is 8.61. The molecule has 0 aliphatic heterocycles. The molecular formula is C20H22Cl2N2O2. The number of rotatable bonds is 8. The fourth-order valence-corrected chi connectivity index (χ4v) is 2.89. The molecule has 2 rings (SSSR count). The topological polar surface area (TPSA) is 58.2 Å². The Bertz CT molecular complexity index is 761. The van der Waals surface area contributed by atoms with E-state index in [9.17, 15) is 9.59 Å². The van der Waals surface area contributed by atoms with Gasteiger partial charge in [0, 0.05) is 34.3 Å². The molecule has 2 amide bonds. The van der Waals surface area contributed by atoms with Crippen LogP contribution in [-0.2, 0) is 6.42 Å². The molecule has 0 aliphatic carbocycles. The Morgan fingerprint density at radius 1 is 0.885 bits per heavy atom. The summed E-state index contributed by atoms with van der Waals surface area (Å²) in [4.78, 5) is 24.2. The molecule has 2 N–H and O–H groups in total. The Balaban J connectivity index is 1.84. The Kier molecular flexibility index (Phi) is 7.95. The zero-order valence-electron chi connectivity index (χ0n) is 14.6. The highest BCUT2D eigenvalue weighted by molar-refractivity contribution is 6.35. The number of carbonyl (C=O) groups is 2. The second-order valence-corrected chi connectivity index (χ2v) is 6.77. The standard InChI is InChI=1S/C20H22Cl2N2O2/c1-2-3-11-23-19(25)15-4-6-16(7-5-15)20(26)24-12-10-14-8-9-17(21)13-18(14)22/h4-9,13H,2-3,10-12H2,1H3,(H,23,25)(H,24,26). The molecule has 0 unspecified atom stereocenters. The summed E-state index contributed by atoms with van der Waals surface area (Å²) >= 11 is 12.0. The monoisotopic (exact) mass is 392 g/mol. The summed E-state index contributed by atoms with van der Waals surface area (Å²) in [7, 11) is 0. The van der Waals surface area contributed by atoms with E-state index < -0.39 is 0 Å². The smallest absolute Gasteiger partial charge is 0.251 e. The molecule has 0 aliphatic rings. The average molecular weight is 393 g/mol. The molecule has 0 spiro atoms. The normalized spacial score (nSPS) is 10.4. The van der Waals surface area contributed by atoms with Crippen LogP contribution in [0.15, 0.2) is 42.5 Å². The van der Waals surface area contributed by atoms with E-state index >= 15 is 0 Å². The summed E-state index contributed by atoms with van der Waals surface area (Å²) in [5.41, 5.74) is 1.98. The lowest BCUT2D eigenvalue weighted by molar-refractivity contribution is 0.0941. The highest BCUT2D eigenvalue weighted by Crippen LogP contribution is 2.21. The fraction of sp³-hybridized carbons (Fsp3) is 0.300. The fourth-order valence-electron chi connectivity index (χ4n) is 2.39. The molecule has 2 aromatic rings. The molecule has 0 aromatic heterocycles. The minimum absolute atomic E-state index is 0.122. The Labute approximate surface area is 163 Å². The van der Waals surface area contributed by atoms with Crippen LogP contribution in [0, 0.1) is 0 Å². The number of hydrogen-bond donors (Lipinski definition) is 2. The van der Waals surface area contributed by atoms with Crippen LogP contribution in [-0.4, -0.2) is 24.9 Å². The van der Waals surface area contributed by atoms with E-state index in [0.717, 1.165) is 18.4 Å². The summed E-state index contributed by atoms with van der Waals surface area (Å²) in [5.74, 6) is -0.309. The molecule has 138 valence electrons. The van der Waals surface area contributed by atoms with Crippen LogP contribution < -0.4 is 10.6 Å². The van der Waals surface area contributed by atoms with Crippen molar-refractivity contribution in [3.63, 3.8) is 0 Å². The van der Waals surface area contributed by atoms with Gasteiger partial charge in [0.15, 0.2) is 0 Å². The lowest BCUT2D eigenvalue weighted by Gasteiger charge is -2.08. The molecule has 0 atom stereocenters. The second kappa shape index (κ2) is 10.2. The maximum atomic E-state index is 12.2. The molecule has 0 fully saturated rings. The van der Waals surface area contributed by atoms with Crippen molar-refractivity contribution < 1.29 is 9.59 Å². The van der Waals surface area contributed by atoms with Gasteiger partial charge in [-0.1, -0.05) is 42.6 Å². The van der Waals surface area contributed by atoms with Crippen LogP contribution in [0.25, 0.3) is 0 Å². The zero-order valence-corrected chi connectivity index (χ0v) is 16.2. The van der Waals surface area contributed by atoms with Gasteiger partial charge in [-0.3, -0.25) is 9.59 Å². The molecule has 0 saturated heterocycles. The number of halogens is 2. The van der Waals surface area contributed by atoms with Crippen molar-refractivity contribution in [2.24, 2.45) is 0 Å². The second-order valence-electron chi connectivity index (χ2n) is 5.93. The van der Waals surface area contributed by atoms with Gasteiger partial charge in [-0.25, -0.2) is 0 Å². The maximum absolute atomic E-state index is 12.2. The maximum Gasteiger partial charge on any atom is 0.251 e. The number of amides is 2. The number of carbonyl (C=O) groups excluding carboxylic acids is 2. The first-order valence-corrected chi connectivity index (χ1v) is 9.37. The third kappa shape index (κ3) is 6.04. The third-order valence-corrected chi connectivity index (χ3v) is 4.51. The average Bonchev–Trinajstić information content (AvgIpc) is 2.63. The van der Waals surface area contributed by atoms with Crippen LogP contribution in [0.1, 0.15) is 46.0 Å². The molecule has 0 radical (unpaired) electrons. The van der Waals surface area contributed by atoms with Crippen molar-refractivity contribution in [3.8, 4) is 0 Å². The lowest BCUT2D eigenvalue weighted by Crippen LogP contribution is -2.26. The quantitative estimate of drug-likeness (QED) is 0.649. The first-order chi connectivity index (χ1) is 12.5. The van der Waals surface area contributed by atoms with Crippen LogP contribution in [0.5, 0.6) is 0 Å². The van der Waals surface area contributed by atoms with Gasteiger partial charge in [-0.05, 0) is 54.8 Å². The molecule has 4 nitrogen and oxygen atoms in total. The van der Waals surface area contributed by atoms with E-state index in [1.807, 2.05) is 6.07 Å². The van der Waals surface area contributed by atoms with E-state index in [1.165, 1.54) is 0 Å². The van der Waals surface area contributed by atoms with Crippen molar-refractivity contribution in [1.29, 1.82) is 0 Å². The highest BCUT2D eigenvalue weighted by Gasteiger charge is 2.09. The summed E-state index contributed by atoms with van der Waals surface area (Å²) in [5, 5.41) is 6.87. The van der Waals surface area contributed by atoms with Crippen molar-refractivity contribution in [1.82, 2.24) is 10.6 Å². The third-order valence-electron chi connectivity index (χ3n) is 3.92. The lowest BCUT2D eigenvalue weighted by atomic mass is 10.1. The molecule has 6 heteroatoms. The Hall–Kier alpha value is -2.04. The molecule has 2 aromatic carbocycles. The van der Waals surface area contributed by atoms with Gasteiger partial charge in [0.05, 0.1) is 0 Å². The van der Waals surface area contributed by atoms with Gasteiger partial charge in [-0.15, -0.1) is 0 Å². The Morgan fingerprint density at radius 2 is 1.46 bits per heavy atom. The van der Waals surface area contributed by atoms with Crippen LogP contribution >= 0.6 is 23.2 Å². The van der Waals surface area contributed by atoms with E-state index in [1.54, 1.807) is 36.4 Å². The molecule has 0 bridgehead atoms. The van der Waals surface area contributed by atoms with Crippen LogP contribution in [0.2, 0.25) is 10.0 Å². The SMILES string of the molecule is CCCCNC(=O)c1ccc(C(=O)NCCc2ccc(Cl)cc2Cl)cc1. The van der Waals surface area contributed by atoms with Crippen molar-refractivity contribution >= 4 is 35.0 Å². The van der Waals surface area contributed by atoms with E-state index in [4.69, 9.17) is 23.2 Å². The summed E-state index contributed by atoms with van der Waals surface area (Å²) in [6.07, 6.45) is 2.59. The van der Waals surface area contributed by atoms with E-state index in [2.05, 4.69) is 17.6 Å². The number of unbranched alkanes of at least 4 members (excludes halogenated alkanes) is 1. The molecule has 0 saturated carbocycles. The summed E-state index contributed by atoms with van der Waals surface area (Å²) < 4.78 is 0. The minimum Gasteiger partial charge on any atom is -0.352 e. The zero-order chi connectivity index (χ0) is 18.9. The van der Waals surface area contributed by atoms with E-state index in [-0.39, 0.29) is 11.8 Å².